The summed E-state index contributed by atoms with van der Waals surface area (Å²) in [6, 6.07) is 38.7. The van der Waals surface area contributed by atoms with E-state index < -0.39 is 0 Å². The summed E-state index contributed by atoms with van der Waals surface area (Å²) in [6.07, 6.45) is 0. The Labute approximate surface area is 390 Å². The molecular weight excluding hydrogens is 829 g/mol. The zero-order valence-corrected chi connectivity index (χ0v) is 42.1. The molecule has 0 radical (unpaired) electrons. The largest absolute Gasteiger partial charge is 0.336 e. The molecular formula is C56H66N2S4. The maximum atomic E-state index is 2.95. The highest BCUT2D eigenvalue weighted by atomic mass is 32.2. The van der Waals surface area contributed by atoms with Gasteiger partial charge in [-0.25, -0.2) is 0 Å². The molecule has 0 N–H and O–H groups in total. The lowest BCUT2D eigenvalue weighted by atomic mass is 9.69. The van der Waals surface area contributed by atoms with Crippen molar-refractivity contribution in [2.75, 3.05) is 9.80 Å². The van der Waals surface area contributed by atoms with E-state index in [0.717, 1.165) is 0 Å². The average molecular weight is 895 g/mol. The highest BCUT2D eigenvalue weighted by molar-refractivity contribution is 8.11. The zero-order valence-electron chi connectivity index (χ0n) is 38.8. The lowest BCUT2D eigenvalue weighted by molar-refractivity contribution is 0.148. The molecule has 0 aromatic heterocycles. The third-order valence-electron chi connectivity index (χ3n) is 17.9. The molecule has 6 heteroatoms. The van der Waals surface area contributed by atoms with E-state index >= 15 is 0 Å². The fraction of sp³-hybridized carbons (Fsp3) is 0.500. The van der Waals surface area contributed by atoms with Gasteiger partial charge in [-0.05, 0) is 101 Å². The van der Waals surface area contributed by atoms with Gasteiger partial charge in [-0.15, -0.1) is 23.5 Å². The minimum atomic E-state index is -0.0955. The van der Waals surface area contributed by atoms with Crippen LogP contribution in [0.2, 0.25) is 0 Å². The van der Waals surface area contributed by atoms with Gasteiger partial charge in [-0.3, -0.25) is 0 Å². The number of fused-ring (bicyclic) bond motifs is 7. The van der Waals surface area contributed by atoms with Crippen LogP contribution >= 0.6 is 47.0 Å². The van der Waals surface area contributed by atoms with E-state index in [0.29, 0.717) is 73.0 Å². The van der Waals surface area contributed by atoms with Crippen LogP contribution in [0.4, 0.5) is 22.7 Å². The molecule has 4 aromatic rings. The maximum absolute atomic E-state index is 2.95. The number of anilines is 4. The SMILES string of the molecule is CC1=C(C)C(C)C(C)C2=C1SC1C(S2)C(N2c3ccccc3C(C)(C)c3ccccc32)C2SC3C(C)C(C)C(C)C(C)C3SC2C1N1c2ccccc2C(C)(C)c2ccccc21. The van der Waals surface area contributed by atoms with Crippen molar-refractivity contribution in [1.29, 1.82) is 0 Å². The Morgan fingerprint density at radius 2 is 0.774 bits per heavy atom. The summed E-state index contributed by atoms with van der Waals surface area (Å²) in [6.45, 7) is 30.2. The normalized spacial score (nSPS) is 37.5. The second kappa shape index (κ2) is 14.9. The van der Waals surface area contributed by atoms with E-state index in [9.17, 15) is 0 Å². The van der Waals surface area contributed by atoms with Crippen LogP contribution in [0.5, 0.6) is 0 Å². The van der Waals surface area contributed by atoms with E-state index in [1.807, 2.05) is 0 Å². The summed E-state index contributed by atoms with van der Waals surface area (Å²) in [7, 11) is 0. The number of para-hydroxylation sites is 4. The molecule has 62 heavy (non-hydrogen) atoms. The molecule has 4 aromatic carbocycles. The van der Waals surface area contributed by atoms with E-state index in [2.05, 4.69) is 237 Å². The Bertz CT molecular complexity index is 2420. The lowest BCUT2D eigenvalue weighted by Gasteiger charge is -2.64. The van der Waals surface area contributed by atoms with Crippen molar-refractivity contribution in [2.24, 2.45) is 35.5 Å². The molecule has 14 atom stereocenters. The van der Waals surface area contributed by atoms with Crippen molar-refractivity contribution in [3.8, 4) is 0 Å². The van der Waals surface area contributed by atoms with Crippen LogP contribution < -0.4 is 9.80 Å². The van der Waals surface area contributed by atoms with Gasteiger partial charge < -0.3 is 9.80 Å². The molecule has 4 aliphatic heterocycles. The van der Waals surface area contributed by atoms with Gasteiger partial charge >= 0.3 is 0 Å². The van der Waals surface area contributed by atoms with Gasteiger partial charge in [0.1, 0.15) is 0 Å². The van der Waals surface area contributed by atoms with Crippen molar-refractivity contribution < 1.29 is 0 Å². The second-order valence-corrected chi connectivity index (χ2v) is 26.5. The van der Waals surface area contributed by atoms with Crippen molar-refractivity contribution >= 4 is 69.8 Å². The van der Waals surface area contributed by atoms with E-state index in [4.69, 9.17) is 0 Å². The maximum Gasteiger partial charge on any atom is 0.0606 e. The van der Waals surface area contributed by atoms with E-state index in [-0.39, 0.29) is 16.9 Å². The average Bonchev–Trinajstić information content (AvgIpc) is 3.28. The first-order valence-corrected chi connectivity index (χ1v) is 27.3. The van der Waals surface area contributed by atoms with E-state index in [1.54, 1.807) is 21.0 Å². The zero-order chi connectivity index (χ0) is 43.3. The van der Waals surface area contributed by atoms with Gasteiger partial charge in [-0.2, -0.15) is 23.5 Å². The topological polar surface area (TPSA) is 6.48 Å². The summed E-state index contributed by atoms with van der Waals surface area (Å²) in [5.74, 6) is 3.77. The first-order chi connectivity index (χ1) is 29.6. The molecule has 1 saturated heterocycles. The van der Waals surface area contributed by atoms with Crippen LogP contribution in [0.25, 0.3) is 0 Å². The van der Waals surface area contributed by atoms with Crippen molar-refractivity contribution in [3.63, 3.8) is 0 Å². The van der Waals surface area contributed by atoms with Crippen molar-refractivity contribution in [1.82, 2.24) is 0 Å². The van der Waals surface area contributed by atoms with Crippen LogP contribution in [-0.4, -0.2) is 43.6 Å². The van der Waals surface area contributed by atoms with Crippen molar-refractivity contribution in [2.45, 2.75) is 137 Å². The van der Waals surface area contributed by atoms with Crippen LogP contribution in [0.3, 0.4) is 0 Å². The standard InChI is InChI=1S/C56H66N2S4/c1-29-30(2)34(6)48-47(33(29)5)59-51-45(57-41-25-17-13-21-37(41)55(9,10)38-22-14-18-26-42(38)57)53-54(62-50-36(8)32(4)31(3)35(7)49(50)61-53)46(52(51)60-48)58-43-27-19-15-23-39(43)56(11,12)40-24-16-20-28-44(40)58/h13-31,33-35,45-48,51-54H,1-12H3. The third kappa shape index (κ3) is 5.79. The number of benzene rings is 4. The number of hydrogen-bond acceptors (Lipinski definition) is 6. The number of hydrogen-bond donors (Lipinski definition) is 0. The lowest BCUT2D eigenvalue weighted by Crippen LogP contribution is -2.71. The Hall–Kier alpha value is -2.64. The van der Waals surface area contributed by atoms with Crippen LogP contribution in [0.15, 0.2) is 118 Å². The molecule has 0 spiro atoms. The summed E-state index contributed by atoms with van der Waals surface area (Å²) < 4.78 is 0. The minimum Gasteiger partial charge on any atom is -0.336 e. The predicted octanol–water partition coefficient (Wildman–Crippen LogP) is 15.3. The molecule has 2 saturated carbocycles. The molecule has 7 aliphatic rings. The van der Waals surface area contributed by atoms with Crippen LogP contribution in [0, 0.1) is 35.5 Å². The fourth-order valence-electron chi connectivity index (χ4n) is 13.4. The van der Waals surface area contributed by atoms with Gasteiger partial charge in [0.25, 0.3) is 0 Å². The highest BCUT2D eigenvalue weighted by Crippen LogP contribution is 2.67. The fourth-order valence-corrected chi connectivity index (χ4v) is 22.4. The molecule has 0 amide bonds. The molecule has 14 unspecified atom stereocenters. The summed E-state index contributed by atoms with van der Waals surface area (Å²) in [5, 5.41) is 2.75. The quantitative estimate of drug-likeness (QED) is 0.196. The van der Waals surface area contributed by atoms with Crippen LogP contribution in [0.1, 0.15) is 105 Å². The van der Waals surface area contributed by atoms with E-state index in [1.165, 1.54) is 45.0 Å². The summed E-state index contributed by atoms with van der Waals surface area (Å²) >= 11 is 9.51. The Morgan fingerprint density at radius 3 is 1.16 bits per heavy atom. The number of allylic oxidation sites excluding steroid dienone is 3. The smallest absolute Gasteiger partial charge is 0.0606 e. The molecule has 3 fully saturated rings. The molecule has 11 rings (SSSR count). The third-order valence-corrected chi connectivity index (χ3v) is 25.7. The monoisotopic (exact) mass is 894 g/mol. The Morgan fingerprint density at radius 1 is 0.419 bits per heavy atom. The molecule has 324 valence electrons. The number of rotatable bonds is 2. The molecule has 0 bridgehead atoms. The summed E-state index contributed by atoms with van der Waals surface area (Å²) in [4.78, 5) is 9.14. The van der Waals surface area contributed by atoms with Gasteiger partial charge in [0.15, 0.2) is 0 Å². The van der Waals surface area contributed by atoms with Crippen LogP contribution in [-0.2, 0) is 10.8 Å². The summed E-state index contributed by atoms with van der Waals surface area (Å²) in [5.41, 5.74) is 14.5. The first kappa shape index (κ1) is 42.0. The Kier molecular flexibility index (Phi) is 10.1. The molecule has 3 aliphatic carbocycles. The van der Waals surface area contributed by atoms with Gasteiger partial charge in [0.2, 0.25) is 0 Å². The van der Waals surface area contributed by atoms with Gasteiger partial charge in [-0.1, -0.05) is 148 Å². The first-order valence-electron chi connectivity index (χ1n) is 23.7. The molecule has 4 heterocycles. The highest BCUT2D eigenvalue weighted by Gasteiger charge is 2.64. The Balaban J connectivity index is 1.20. The van der Waals surface area contributed by atoms with Gasteiger partial charge in [0, 0.05) is 74.9 Å². The predicted molar refractivity (Wildman–Crippen MR) is 275 cm³/mol. The number of nitrogens with zero attached hydrogens (tertiary/aromatic N) is 2. The number of thioether (sulfide) groups is 4. The molecule has 2 nitrogen and oxygen atoms in total. The minimum absolute atomic E-state index is 0.0942. The van der Waals surface area contributed by atoms with Gasteiger partial charge in [0.05, 0.1) is 12.1 Å². The second-order valence-electron chi connectivity index (χ2n) is 21.4. The van der Waals surface area contributed by atoms with Crippen molar-refractivity contribution in [3.05, 3.63) is 140 Å².